The van der Waals surface area contributed by atoms with E-state index in [2.05, 4.69) is 76.1 Å². The van der Waals surface area contributed by atoms with Crippen LogP contribution in [0.3, 0.4) is 0 Å². The molecule has 0 bridgehead atoms. The maximum Gasteiger partial charge on any atom is 0.268 e. The fraction of sp³-hybridized carbons (Fsp3) is 0. The normalized spacial score (nSPS) is 12.1. The first-order valence-corrected chi connectivity index (χ1v) is 20.9. The van der Waals surface area contributed by atoms with Gasteiger partial charge < -0.3 is 4.57 Å². The fourth-order valence-corrected chi connectivity index (χ4v) is 9.17. The number of nitriles is 1. The van der Waals surface area contributed by atoms with Crippen molar-refractivity contribution >= 4 is 45.0 Å². The van der Waals surface area contributed by atoms with Crippen molar-refractivity contribution in [1.82, 2.24) is 4.57 Å². The molecule has 6 nitrogen and oxygen atoms in total. The molecule has 9 aromatic carbocycles. The van der Waals surface area contributed by atoms with E-state index in [0.717, 1.165) is 77.4 Å². The van der Waals surface area contributed by atoms with Gasteiger partial charge in [-0.25, -0.2) is 9.74 Å². The first-order chi connectivity index (χ1) is 31.5. The highest BCUT2D eigenvalue weighted by molar-refractivity contribution is 6.37. The molecular weight excluding hydrogens is 785 g/mol. The second kappa shape index (κ2) is 15.4. The van der Waals surface area contributed by atoms with E-state index in [9.17, 15) is 5.26 Å². The van der Waals surface area contributed by atoms with Gasteiger partial charge in [-0.05, 0) is 99.1 Å². The monoisotopic (exact) mass is 818 g/mol. The Morgan fingerprint density at radius 3 is 1.53 bits per heavy atom. The summed E-state index contributed by atoms with van der Waals surface area (Å²) in [6.07, 6.45) is 0. The molecule has 10 aromatic rings. The average Bonchev–Trinajstić information content (AvgIpc) is 3.83. The summed E-state index contributed by atoms with van der Waals surface area (Å²) >= 11 is 0. The second-order valence-electron chi connectivity index (χ2n) is 15.8. The van der Waals surface area contributed by atoms with Crippen LogP contribution in [0.25, 0.3) is 88.0 Å². The third kappa shape index (κ3) is 6.26. The Morgan fingerprint density at radius 2 is 0.953 bits per heavy atom. The molecule has 1 aliphatic rings. The van der Waals surface area contributed by atoms with E-state index < -0.39 is 11.8 Å². The van der Waals surface area contributed by atoms with Gasteiger partial charge in [-0.2, -0.15) is 5.26 Å². The van der Waals surface area contributed by atoms with Crippen molar-refractivity contribution in [2.24, 2.45) is 0 Å². The first-order valence-electron chi connectivity index (χ1n) is 20.9. The zero-order valence-electron chi connectivity index (χ0n) is 34.2. The van der Waals surface area contributed by atoms with Crippen LogP contribution in [-0.2, 0) is 0 Å². The van der Waals surface area contributed by atoms with Crippen LogP contribution in [0, 0.1) is 17.9 Å². The molecule has 1 aliphatic heterocycles. The van der Waals surface area contributed by atoms with Crippen molar-refractivity contribution in [2.75, 3.05) is 4.90 Å². The number of benzene rings is 9. The number of fused-ring (bicyclic) bond motifs is 4. The van der Waals surface area contributed by atoms with Crippen LogP contribution in [0.2, 0.25) is 0 Å². The maximum absolute atomic E-state index is 15.7. The molecule has 0 spiro atoms. The summed E-state index contributed by atoms with van der Waals surface area (Å²) in [7, 11) is 0. The molecule has 0 saturated carbocycles. The lowest BCUT2D eigenvalue weighted by atomic mass is 9.90. The van der Waals surface area contributed by atoms with Crippen molar-refractivity contribution in [3.8, 4) is 67.4 Å². The fourth-order valence-electron chi connectivity index (χ4n) is 9.17. The van der Waals surface area contributed by atoms with Crippen LogP contribution in [0.15, 0.2) is 206 Å². The number of hydrogen-bond acceptors (Lipinski definition) is 3. The van der Waals surface area contributed by atoms with Crippen molar-refractivity contribution < 1.29 is 9.59 Å². The lowest BCUT2D eigenvalue weighted by Crippen LogP contribution is -2.30. The molecular formula is C58H34N4O2. The van der Waals surface area contributed by atoms with Crippen molar-refractivity contribution in [1.29, 1.82) is 5.26 Å². The molecule has 0 saturated heterocycles. The molecule has 1 aromatic heterocycles. The smallest absolute Gasteiger partial charge is 0.268 e. The molecule has 2 amide bonds. The SMILES string of the molecule is [C-]#[N+]c1cccc(-c2ccc3c4ccc(-c5cccc(C#N)c5)cc4n(-c4cccc5c4C(=O)N(c4c(-c6ccccc6)cc(-c6ccccc6)cc4-c4ccccc4)C5=O)c3c2)c1. The Bertz CT molecular complexity index is 3440. The number of imide groups is 1. The minimum absolute atomic E-state index is 0.300. The zero-order valence-corrected chi connectivity index (χ0v) is 34.2. The first kappa shape index (κ1) is 37.9. The van der Waals surface area contributed by atoms with E-state index in [-0.39, 0.29) is 0 Å². The molecule has 6 heteroatoms. The van der Waals surface area contributed by atoms with Gasteiger partial charge in [0.15, 0.2) is 5.69 Å². The van der Waals surface area contributed by atoms with Gasteiger partial charge in [-0.3, -0.25) is 9.59 Å². The number of carbonyl (C=O) groups excluding carboxylic acids is 2. The Balaban J connectivity index is 1.17. The van der Waals surface area contributed by atoms with E-state index in [1.165, 1.54) is 4.90 Å². The van der Waals surface area contributed by atoms with E-state index in [0.29, 0.717) is 33.8 Å². The topological polar surface area (TPSA) is 70.5 Å². The lowest BCUT2D eigenvalue weighted by molar-refractivity contribution is 0.0926. The molecule has 0 fully saturated rings. The second-order valence-corrected chi connectivity index (χ2v) is 15.8. The molecule has 0 N–H and O–H groups in total. The highest BCUT2D eigenvalue weighted by Crippen LogP contribution is 2.47. The van der Waals surface area contributed by atoms with Gasteiger partial charge in [-0.1, -0.05) is 152 Å². The van der Waals surface area contributed by atoms with Crippen LogP contribution < -0.4 is 4.90 Å². The van der Waals surface area contributed by atoms with Gasteiger partial charge in [0.2, 0.25) is 0 Å². The molecule has 11 rings (SSSR count). The van der Waals surface area contributed by atoms with Crippen molar-refractivity contribution in [3.05, 3.63) is 234 Å². The van der Waals surface area contributed by atoms with Gasteiger partial charge in [0.25, 0.3) is 11.8 Å². The van der Waals surface area contributed by atoms with Crippen molar-refractivity contribution in [3.63, 3.8) is 0 Å². The summed E-state index contributed by atoms with van der Waals surface area (Å²) in [6, 6.07) is 69.4. The predicted molar refractivity (Wildman–Crippen MR) is 257 cm³/mol. The minimum atomic E-state index is -0.425. The third-order valence-electron chi connectivity index (χ3n) is 12.1. The number of rotatable bonds is 7. The summed E-state index contributed by atoms with van der Waals surface area (Å²) in [5.41, 5.74) is 13.2. The van der Waals surface area contributed by atoms with E-state index in [1.54, 1.807) is 18.2 Å². The van der Waals surface area contributed by atoms with Gasteiger partial charge in [-0.15, -0.1) is 0 Å². The Kier molecular flexibility index (Phi) is 9.12. The van der Waals surface area contributed by atoms with Gasteiger partial charge in [0.05, 0.1) is 51.7 Å². The third-order valence-corrected chi connectivity index (χ3v) is 12.1. The Hall–Kier alpha value is -9.10. The van der Waals surface area contributed by atoms with Crippen LogP contribution in [0.1, 0.15) is 26.3 Å². The lowest BCUT2D eigenvalue weighted by Gasteiger charge is -2.24. The van der Waals surface area contributed by atoms with Gasteiger partial charge in [0, 0.05) is 21.9 Å². The number of hydrogen-bond donors (Lipinski definition) is 0. The minimum Gasteiger partial charge on any atom is -0.308 e. The Morgan fingerprint density at radius 1 is 0.438 bits per heavy atom. The summed E-state index contributed by atoms with van der Waals surface area (Å²) < 4.78 is 2.09. The summed E-state index contributed by atoms with van der Waals surface area (Å²) in [4.78, 5) is 35.9. The maximum atomic E-state index is 15.7. The summed E-state index contributed by atoms with van der Waals surface area (Å²) in [5.74, 6) is -0.832. The van der Waals surface area contributed by atoms with Crippen LogP contribution in [0.4, 0.5) is 11.4 Å². The van der Waals surface area contributed by atoms with E-state index in [1.807, 2.05) is 127 Å². The van der Waals surface area contributed by atoms with Crippen LogP contribution in [-0.4, -0.2) is 16.4 Å². The van der Waals surface area contributed by atoms with Crippen molar-refractivity contribution in [2.45, 2.75) is 0 Å². The standard InChI is InChI=1S/C58H34N4O2/c1-60-46-23-12-22-42(31-46)44-27-29-48-47-28-26-43(41-21-11-14-37(30-41)36-59)34-53(47)61(54(48)35-44)52-25-13-24-49-55(52)58(64)62(57(49)63)56-50(39-17-7-3-8-18-39)32-45(38-15-5-2-6-16-38)33-51(56)40-19-9-4-10-20-40/h2-35H. The molecule has 64 heavy (non-hydrogen) atoms. The van der Waals surface area contributed by atoms with E-state index in [4.69, 9.17) is 6.57 Å². The van der Waals surface area contributed by atoms with Crippen LogP contribution in [0.5, 0.6) is 0 Å². The molecule has 0 unspecified atom stereocenters. The quantitative estimate of drug-likeness (QED) is 0.119. The largest absolute Gasteiger partial charge is 0.308 e. The highest BCUT2D eigenvalue weighted by Gasteiger charge is 2.42. The molecule has 0 atom stereocenters. The number of aromatic nitrogens is 1. The average molecular weight is 819 g/mol. The Labute approximate surface area is 369 Å². The molecule has 298 valence electrons. The van der Waals surface area contributed by atoms with Gasteiger partial charge in [0.1, 0.15) is 0 Å². The molecule has 0 radical (unpaired) electrons. The number of amides is 2. The number of nitrogens with zero attached hydrogens (tertiary/aromatic N) is 4. The predicted octanol–water partition coefficient (Wildman–Crippen LogP) is 14.3. The number of anilines is 1. The summed E-state index contributed by atoms with van der Waals surface area (Å²) in [6.45, 7) is 7.67. The molecule has 2 heterocycles. The number of carbonyl (C=O) groups is 2. The van der Waals surface area contributed by atoms with Gasteiger partial charge >= 0.3 is 0 Å². The zero-order chi connectivity index (χ0) is 43.3. The summed E-state index contributed by atoms with van der Waals surface area (Å²) in [5, 5.41) is 11.7. The van der Waals surface area contributed by atoms with Crippen LogP contribution >= 0.6 is 0 Å². The highest BCUT2D eigenvalue weighted by atomic mass is 16.2. The molecule has 0 aliphatic carbocycles. The van der Waals surface area contributed by atoms with E-state index >= 15 is 9.59 Å².